The molecule has 0 fully saturated rings. The van der Waals surface area contributed by atoms with E-state index in [2.05, 4.69) is 5.32 Å². The van der Waals surface area contributed by atoms with Gasteiger partial charge in [0.15, 0.2) is 18.1 Å². The van der Waals surface area contributed by atoms with Crippen molar-refractivity contribution in [2.24, 2.45) is 0 Å². The third kappa shape index (κ3) is 5.32. The summed E-state index contributed by atoms with van der Waals surface area (Å²) in [6, 6.07) is 5.58. The van der Waals surface area contributed by atoms with Crippen LogP contribution in [0.3, 0.4) is 0 Å². The second kappa shape index (κ2) is 9.54. The predicted octanol–water partition coefficient (Wildman–Crippen LogP) is 2.46. The Balaban J connectivity index is 1.94. The van der Waals surface area contributed by atoms with Crippen molar-refractivity contribution >= 4 is 11.9 Å². The molecule has 0 aliphatic carbocycles. The number of hydrogen-bond donors (Lipinski definition) is 1. The van der Waals surface area contributed by atoms with Crippen LogP contribution in [0.2, 0.25) is 0 Å². The van der Waals surface area contributed by atoms with Crippen LogP contribution in [0.4, 0.5) is 8.78 Å². The molecular formula is C19H19F2NO6. The Morgan fingerprint density at radius 1 is 0.893 bits per heavy atom. The fourth-order valence-electron chi connectivity index (χ4n) is 2.38. The first kappa shape index (κ1) is 20.9. The maximum atomic E-state index is 13.1. The lowest BCUT2D eigenvalue weighted by Crippen LogP contribution is -2.28. The molecule has 0 aromatic heterocycles. The highest BCUT2D eigenvalue weighted by atomic mass is 19.1. The molecule has 0 unspecified atom stereocenters. The molecule has 0 bridgehead atoms. The normalized spacial score (nSPS) is 10.2. The predicted molar refractivity (Wildman–Crippen MR) is 94.6 cm³/mol. The van der Waals surface area contributed by atoms with Gasteiger partial charge in [0.25, 0.3) is 5.91 Å². The molecule has 28 heavy (non-hydrogen) atoms. The molecule has 0 atom stereocenters. The fraction of sp³-hybridized carbons (Fsp3) is 0.263. The van der Waals surface area contributed by atoms with Crippen LogP contribution in [-0.4, -0.2) is 39.8 Å². The maximum absolute atomic E-state index is 13.1. The van der Waals surface area contributed by atoms with Gasteiger partial charge in [-0.25, -0.2) is 13.6 Å². The minimum Gasteiger partial charge on any atom is -0.493 e. The van der Waals surface area contributed by atoms with E-state index in [-0.39, 0.29) is 12.1 Å². The quantitative estimate of drug-likeness (QED) is 0.692. The van der Waals surface area contributed by atoms with E-state index in [0.29, 0.717) is 28.9 Å². The van der Waals surface area contributed by atoms with Crippen LogP contribution >= 0.6 is 0 Å². The van der Waals surface area contributed by atoms with E-state index in [1.54, 1.807) is 12.1 Å². The number of benzene rings is 2. The molecule has 0 spiro atoms. The third-order valence-corrected chi connectivity index (χ3v) is 3.65. The number of esters is 1. The molecule has 9 heteroatoms. The molecule has 0 saturated carbocycles. The topological polar surface area (TPSA) is 83.1 Å². The first-order chi connectivity index (χ1) is 13.4. The monoisotopic (exact) mass is 395 g/mol. The Hall–Kier alpha value is -3.36. The molecule has 150 valence electrons. The highest BCUT2D eigenvalue weighted by Gasteiger charge is 2.15. The van der Waals surface area contributed by atoms with E-state index in [9.17, 15) is 18.4 Å². The van der Waals surface area contributed by atoms with Gasteiger partial charge in [-0.1, -0.05) is 0 Å². The van der Waals surface area contributed by atoms with Crippen molar-refractivity contribution < 1.29 is 37.3 Å². The number of amides is 1. The number of carbonyl (C=O) groups excluding carboxylic acids is 2. The summed E-state index contributed by atoms with van der Waals surface area (Å²) >= 11 is 0. The number of rotatable bonds is 8. The van der Waals surface area contributed by atoms with Crippen LogP contribution in [0.25, 0.3) is 0 Å². The van der Waals surface area contributed by atoms with Gasteiger partial charge >= 0.3 is 5.97 Å². The number of ether oxygens (including phenoxy) is 4. The molecule has 1 N–H and O–H groups in total. The van der Waals surface area contributed by atoms with Crippen LogP contribution in [0, 0.1) is 11.6 Å². The van der Waals surface area contributed by atoms with Crippen LogP contribution < -0.4 is 19.5 Å². The molecule has 2 aromatic rings. The average molecular weight is 395 g/mol. The highest BCUT2D eigenvalue weighted by molar-refractivity contribution is 5.91. The summed E-state index contributed by atoms with van der Waals surface area (Å²) < 4.78 is 46.7. The molecule has 0 heterocycles. The Morgan fingerprint density at radius 2 is 1.46 bits per heavy atom. The summed E-state index contributed by atoms with van der Waals surface area (Å²) in [5, 5.41) is 2.55. The van der Waals surface area contributed by atoms with Crippen molar-refractivity contribution in [1.82, 2.24) is 5.32 Å². The number of methoxy groups -OCH3 is 3. The van der Waals surface area contributed by atoms with E-state index in [4.69, 9.17) is 18.9 Å². The molecule has 0 aliphatic heterocycles. The van der Waals surface area contributed by atoms with Gasteiger partial charge in [0.1, 0.15) is 11.6 Å². The summed E-state index contributed by atoms with van der Waals surface area (Å²) in [6.45, 7) is -0.511. The van der Waals surface area contributed by atoms with Gasteiger partial charge in [-0.2, -0.15) is 0 Å². The maximum Gasteiger partial charge on any atom is 0.338 e. The van der Waals surface area contributed by atoms with E-state index >= 15 is 0 Å². The number of halogens is 2. The van der Waals surface area contributed by atoms with Crippen LogP contribution in [0.1, 0.15) is 15.9 Å². The Labute approximate surface area is 160 Å². The molecular weight excluding hydrogens is 376 g/mol. The second-order valence-corrected chi connectivity index (χ2v) is 5.54. The van der Waals surface area contributed by atoms with E-state index < -0.39 is 30.1 Å². The van der Waals surface area contributed by atoms with Gasteiger partial charge in [0, 0.05) is 12.6 Å². The van der Waals surface area contributed by atoms with Crippen molar-refractivity contribution in [3.8, 4) is 17.2 Å². The smallest absolute Gasteiger partial charge is 0.338 e. The Morgan fingerprint density at radius 3 is 1.96 bits per heavy atom. The van der Waals surface area contributed by atoms with Gasteiger partial charge in [0.2, 0.25) is 5.75 Å². The van der Waals surface area contributed by atoms with Gasteiger partial charge in [-0.05, 0) is 29.8 Å². The molecule has 2 aromatic carbocycles. The van der Waals surface area contributed by atoms with Gasteiger partial charge in [-0.15, -0.1) is 0 Å². The molecule has 2 rings (SSSR count). The Bertz CT molecular complexity index is 826. The zero-order valence-corrected chi connectivity index (χ0v) is 15.5. The lowest BCUT2D eigenvalue weighted by molar-refractivity contribution is -0.124. The van der Waals surface area contributed by atoms with Crippen LogP contribution in [0.5, 0.6) is 17.2 Å². The molecule has 0 saturated heterocycles. The average Bonchev–Trinajstić information content (AvgIpc) is 2.68. The van der Waals surface area contributed by atoms with Crippen LogP contribution in [0.15, 0.2) is 30.3 Å². The van der Waals surface area contributed by atoms with E-state index in [0.717, 1.165) is 12.1 Å². The number of carbonyl (C=O) groups is 2. The fourth-order valence-corrected chi connectivity index (χ4v) is 2.38. The second-order valence-electron chi connectivity index (χ2n) is 5.54. The van der Waals surface area contributed by atoms with Crippen molar-refractivity contribution in [3.05, 3.63) is 53.1 Å². The van der Waals surface area contributed by atoms with E-state index in [1.165, 1.54) is 21.3 Å². The van der Waals surface area contributed by atoms with Crippen molar-refractivity contribution in [3.63, 3.8) is 0 Å². The zero-order valence-electron chi connectivity index (χ0n) is 15.5. The first-order valence-electron chi connectivity index (χ1n) is 8.06. The summed E-state index contributed by atoms with van der Waals surface area (Å²) in [7, 11) is 4.41. The SMILES string of the molecule is COc1cc(CNC(=O)COC(=O)c2cc(F)cc(F)c2)cc(OC)c1OC. The van der Waals surface area contributed by atoms with Crippen molar-refractivity contribution in [2.45, 2.75) is 6.54 Å². The van der Waals surface area contributed by atoms with Gasteiger partial charge < -0.3 is 24.3 Å². The minimum absolute atomic E-state index is 0.0989. The van der Waals surface area contributed by atoms with Gasteiger partial charge in [0.05, 0.1) is 26.9 Å². The minimum atomic E-state index is -1.01. The summed E-state index contributed by atoms with van der Waals surface area (Å²) in [6.07, 6.45) is 0. The lowest BCUT2D eigenvalue weighted by Gasteiger charge is -2.14. The Kier molecular flexibility index (Phi) is 7.14. The molecule has 1 amide bonds. The molecule has 7 nitrogen and oxygen atoms in total. The molecule has 0 aliphatic rings. The zero-order chi connectivity index (χ0) is 20.7. The highest BCUT2D eigenvalue weighted by Crippen LogP contribution is 2.38. The van der Waals surface area contributed by atoms with Gasteiger partial charge in [-0.3, -0.25) is 4.79 Å². The lowest BCUT2D eigenvalue weighted by atomic mass is 10.1. The molecule has 0 radical (unpaired) electrons. The van der Waals surface area contributed by atoms with Crippen molar-refractivity contribution in [1.29, 1.82) is 0 Å². The largest absolute Gasteiger partial charge is 0.493 e. The van der Waals surface area contributed by atoms with Crippen LogP contribution in [-0.2, 0) is 16.1 Å². The summed E-state index contributed by atoms with van der Waals surface area (Å²) in [4.78, 5) is 23.7. The van der Waals surface area contributed by atoms with Crippen molar-refractivity contribution in [2.75, 3.05) is 27.9 Å². The number of nitrogens with one attached hydrogen (secondary N) is 1. The van der Waals surface area contributed by atoms with E-state index in [1.807, 2.05) is 0 Å². The summed E-state index contributed by atoms with van der Waals surface area (Å²) in [5.74, 6) is -2.19. The summed E-state index contributed by atoms with van der Waals surface area (Å²) in [5.41, 5.74) is 0.330. The first-order valence-corrected chi connectivity index (χ1v) is 8.06. The number of hydrogen-bond acceptors (Lipinski definition) is 6. The third-order valence-electron chi connectivity index (χ3n) is 3.65. The standard InChI is InChI=1S/C19H19F2NO6/c1-25-15-4-11(5-16(26-2)18(15)27-3)9-22-17(23)10-28-19(24)12-6-13(20)8-14(21)7-12/h4-8H,9-10H2,1-3H3,(H,22,23).